The lowest BCUT2D eigenvalue weighted by Crippen LogP contribution is -2.14. The summed E-state index contributed by atoms with van der Waals surface area (Å²) in [5.41, 5.74) is 0.0347. The molecule has 1 saturated heterocycles. The van der Waals surface area contributed by atoms with Gasteiger partial charge in [-0.2, -0.15) is 0 Å². The quantitative estimate of drug-likeness (QED) is 0.406. The maximum atomic E-state index is 10.5. The molecule has 1 atom stereocenters. The smallest absolute Gasteiger partial charge is 0.334 e. The van der Waals surface area contributed by atoms with E-state index >= 15 is 0 Å². The molecule has 1 N–H and O–H groups in total. The van der Waals surface area contributed by atoms with Crippen molar-refractivity contribution in [3.8, 4) is 0 Å². The van der Waals surface area contributed by atoms with Gasteiger partial charge in [-0.1, -0.05) is 6.58 Å². The number of carbonyl (C=O) groups excluding carboxylic acids is 1. The molecule has 0 aromatic heterocycles. The highest BCUT2D eigenvalue weighted by molar-refractivity contribution is 5.97. The fraction of sp³-hybridized carbons (Fsp3) is 0.333. The first-order valence-corrected chi connectivity index (χ1v) is 2.71. The topological polar surface area (TPSA) is 63.6 Å². The van der Waals surface area contributed by atoms with E-state index in [-0.39, 0.29) is 12.2 Å². The van der Waals surface area contributed by atoms with Gasteiger partial charge in [0.25, 0.3) is 0 Å². The van der Waals surface area contributed by atoms with E-state index in [2.05, 4.69) is 11.3 Å². The lowest BCUT2D eigenvalue weighted by molar-refractivity contribution is -0.140. The lowest BCUT2D eigenvalue weighted by atomic mass is 10.1. The van der Waals surface area contributed by atoms with E-state index in [0.717, 1.165) is 0 Å². The minimum atomic E-state index is -1.06. The Balaban J connectivity index is 2.76. The normalized spacial score (nSPS) is 24.6. The Labute approximate surface area is 57.1 Å². The van der Waals surface area contributed by atoms with Gasteiger partial charge in [0.1, 0.15) is 12.5 Å². The molecule has 4 heteroatoms. The molecule has 0 aromatic carbocycles. The molecule has 0 saturated carbocycles. The van der Waals surface area contributed by atoms with Gasteiger partial charge in [-0.15, -0.1) is 0 Å². The van der Waals surface area contributed by atoms with Gasteiger partial charge in [-0.25, -0.2) is 4.79 Å². The van der Waals surface area contributed by atoms with Gasteiger partial charge in [0.15, 0.2) is 0 Å². The lowest BCUT2D eigenvalue weighted by Gasteiger charge is -1.96. The SMILES string of the molecule is C=C1C(=O)OC[C@@H]1C(=O)O. The van der Waals surface area contributed by atoms with E-state index in [9.17, 15) is 9.59 Å². The Bertz CT molecular complexity index is 206. The molecule has 1 heterocycles. The second-order valence-corrected chi connectivity index (χ2v) is 2.01. The number of hydrogen-bond acceptors (Lipinski definition) is 3. The summed E-state index contributed by atoms with van der Waals surface area (Å²) >= 11 is 0. The molecule has 0 amide bonds. The molecular formula is C6H6O4. The molecule has 0 spiro atoms. The highest BCUT2D eigenvalue weighted by Gasteiger charge is 2.34. The maximum absolute atomic E-state index is 10.5. The molecule has 4 nitrogen and oxygen atoms in total. The zero-order valence-corrected chi connectivity index (χ0v) is 5.16. The van der Waals surface area contributed by atoms with Crippen molar-refractivity contribution in [3.05, 3.63) is 12.2 Å². The van der Waals surface area contributed by atoms with Gasteiger partial charge in [0.2, 0.25) is 0 Å². The van der Waals surface area contributed by atoms with Crippen molar-refractivity contribution in [3.63, 3.8) is 0 Å². The zero-order chi connectivity index (χ0) is 7.72. The van der Waals surface area contributed by atoms with Crippen LogP contribution < -0.4 is 0 Å². The summed E-state index contributed by atoms with van der Waals surface area (Å²) in [7, 11) is 0. The standard InChI is InChI=1S/C6H6O4/c1-3-4(5(7)8)2-10-6(3)9/h4H,1-2H2,(H,7,8)/t4-/m0/s1. The fourth-order valence-electron chi connectivity index (χ4n) is 0.715. The van der Waals surface area contributed by atoms with Gasteiger partial charge in [-0.05, 0) is 0 Å². The molecule has 54 valence electrons. The molecule has 1 aliphatic rings. The summed E-state index contributed by atoms with van der Waals surface area (Å²) in [6, 6.07) is 0. The molecule has 0 bridgehead atoms. The number of carboxylic acid groups (broad SMARTS) is 1. The van der Waals surface area contributed by atoms with Crippen LogP contribution in [0.25, 0.3) is 0 Å². The van der Waals surface area contributed by atoms with Crippen LogP contribution in [0.4, 0.5) is 0 Å². The predicted molar refractivity (Wildman–Crippen MR) is 31.2 cm³/mol. The number of esters is 1. The van der Waals surface area contributed by atoms with Crippen LogP contribution in [0, 0.1) is 5.92 Å². The summed E-state index contributed by atoms with van der Waals surface area (Å²) in [6.07, 6.45) is 0. The van der Waals surface area contributed by atoms with Crippen LogP contribution in [0.2, 0.25) is 0 Å². The van der Waals surface area contributed by atoms with Crippen molar-refractivity contribution >= 4 is 11.9 Å². The van der Waals surface area contributed by atoms with Gasteiger partial charge < -0.3 is 9.84 Å². The average molecular weight is 142 g/mol. The van der Waals surface area contributed by atoms with Gasteiger partial charge in [-0.3, -0.25) is 4.79 Å². The molecular weight excluding hydrogens is 136 g/mol. The van der Waals surface area contributed by atoms with E-state index in [1.807, 2.05) is 0 Å². The summed E-state index contributed by atoms with van der Waals surface area (Å²) in [5.74, 6) is -2.50. The number of carbonyl (C=O) groups is 2. The summed E-state index contributed by atoms with van der Waals surface area (Å²) < 4.78 is 4.42. The Morgan fingerprint density at radius 2 is 2.40 bits per heavy atom. The average Bonchev–Trinajstić information content (AvgIpc) is 2.14. The van der Waals surface area contributed by atoms with E-state index in [1.54, 1.807) is 0 Å². The van der Waals surface area contributed by atoms with Crippen LogP contribution in [0.5, 0.6) is 0 Å². The molecule has 0 radical (unpaired) electrons. The number of ether oxygens (including phenoxy) is 1. The maximum Gasteiger partial charge on any atom is 0.334 e. The van der Waals surface area contributed by atoms with E-state index in [0.29, 0.717) is 0 Å². The first kappa shape index (κ1) is 6.80. The van der Waals surface area contributed by atoms with Crippen molar-refractivity contribution in [2.45, 2.75) is 0 Å². The van der Waals surface area contributed by atoms with Crippen molar-refractivity contribution in [2.24, 2.45) is 5.92 Å². The highest BCUT2D eigenvalue weighted by atomic mass is 16.5. The first-order valence-electron chi connectivity index (χ1n) is 2.71. The number of hydrogen-bond donors (Lipinski definition) is 1. The third-order valence-electron chi connectivity index (χ3n) is 1.36. The molecule has 10 heavy (non-hydrogen) atoms. The summed E-state index contributed by atoms with van der Waals surface area (Å²) in [4.78, 5) is 20.8. The third-order valence-corrected chi connectivity index (χ3v) is 1.36. The Morgan fingerprint density at radius 3 is 2.60 bits per heavy atom. The highest BCUT2D eigenvalue weighted by Crippen LogP contribution is 2.18. The first-order chi connectivity index (χ1) is 4.63. The van der Waals surface area contributed by atoms with Crippen molar-refractivity contribution in [1.29, 1.82) is 0 Å². The number of aliphatic carboxylic acids is 1. The second-order valence-electron chi connectivity index (χ2n) is 2.01. The Hall–Kier alpha value is -1.32. The number of carboxylic acids is 1. The molecule has 0 aliphatic carbocycles. The molecule has 1 aliphatic heterocycles. The zero-order valence-electron chi connectivity index (χ0n) is 5.16. The number of rotatable bonds is 1. The van der Waals surface area contributed by atoms with Gasteiger partial charge in [0.05, 0.1) is 0 Å². The van der Waals surface area contributed by atoms with Crippen LogP contribution in [0.1, 0.15) is 0 Å². The Kier molecular flexibility index (Phi) is 1.45. The summed E-state index contributed by atoms with van der Waals surface area (Å²) in [5, 5.41) is 8.41. The van der Waals surface area contributed by atoms with Crippen molar-refractivity contribution in [2.75, 3.05) is 6.61 Å². The van der Waals surface area contributed by atoms with Gasteiger partial charge >= 0.3 is 11.9 Å². The Morgan fingerprint density at radius 1 is 1.80 bits per heavy atom. The van der Waals surface area contributed by atoms with Crippen LogP contribution in [-0.2, 0) is 14.3 Å². The minimum Gasteiger partial charge on any atom is -0.481 e. The second kappa shape index (κ2) is 2.13. The van der Waals surface area contributed by atoms with Gasteiger partial charge in [0, 0.05) is 5.57 Å². The fourth-order valence-corrected chi connectivity index (χ4v) is 0.715. The van der Waals surface area contributed by atoms with Crippen LogP contribution in [-0.4, -0.2) is 23.7 Å². The minimum absolute atomic E-state index is 0.0347. The van der Waals surface area contributed by atoms with E-state index < -0.39 is 17.9 Å². The molecule has 0 aromatic rings. The molecule has 0 unspecified atom stereocenters. The van der Waals surface area contributed by atoms with Crippen LogP contribution >= 0.6 is 0 Å². The van der Waals surface area contributed by atoms with Crippen molar-refractivity contribution in [1.82, 2.24) is 0 Å². The van der Waals surface area contributed by atoms with Crippen LogP contribution in [0.15, 0.2) is 12.2 Å². The molecule has 1 fully saturated rings. The van der Waals surface area contributed by atoms with Crippen molar-refractivity contribution < 1.29 is 19.4 Å². The predicted octanol–water partition coefficient (Wildman–Crippen LogP) is -0.200. The monoisotopic (exact) mass is 142 g/mol. The van der Waals surface area contributed by atoms with E-state index in [1.165, 1.54) is 0 Å². The summed E-state index contributed by atoms with van der Waals surface area (Å²) in [6.45, 7) is 3.21. The van der Waals surface area contributed by atoms with Crippen LogP contribution in [0.3, 0.4) is 0 Å². The van der Waals surface area contributed by atoms with E-state index in [4.69, 9.17) is 5.11 Å². The number of cyclic esters (lactones) is 1. The molecule has 1 rings (SSSR count). The third kappa shape index (κ3) is 0.877. The largest absolute Gasteiger partial charge is 0.481 e.